The summed E-state index contributed by atoms with van der Waals surface area (Å²) < 4.78 is 6.91. The van der Waals surface area contributed by atoms with Crippen LogP contribution in [0.4, 0.5) is 5.69 Å². The standard InChI is InChI=1S/C18H19N5O2S/c1-12-8-13(2)10-14(9-12)19-17(24)11-26-18-20-21-22-23(18)15-6-4-5-7-16(15)25-3/h4-10H,11H2,1-3H3,(H,19,24). The SMILES string of the molecule is COc1ccccc1-n1nnnc1SCC(=O)Nc1cc(C)cc(C)c1. The lowest BCUT2D eigenvalue weighted by molar-refractivity contribution is -0.113. The number of para-hydroxylation sites is 2. The van der Waals surface area contributed by atoms with Crippen LogP contribution in [0.15, 0.2) is 47.6 Å². The summed E-state index contributed by atoms with van der Waals surface area (Å²) in [4.78, 5) is 12.3. The number of methoxy groups -OCH3 is 1. The summed E-state index contributed by atoms with van der Waals surface area (Å²) in [5.41, 5.74) is 3.72. The van der Waals surface area contributed by atoms with Gasteiger partial charge in [0, 0.05) is 5.69 Å². The first kappa shape index (κ1) is 17.9. The molecule has 134 valence electrons. The van der Waals surface area contributed by atoms with E-state index in [4.69, 9.17) is 4.74 Å². The molecule has 26 heavy (non-hydrogen) atoms. The zero-order valence-corrected chi connectivity index (χ0v) is 15.6. The van der Waals surface area contributed by atoms with Crippen molar-refractivity contribution in [2.75, 3.05) is 18.2 Å². The largest absolute Gasteiger partial charge is 0.494 e. The summed E-state index contributed by atoms with van der Waals surface area (Å²) in [6.45, 7) is 4.00. The summed E-state index contributed by atoms with van der Waals surface area (Å²) >= 11 is 1.26. The van der Waals surface area contributed by atoms with Crippen molar-refractivity contribution >= 4 is 23.4 Å². The van der Waals surface area contributed by atoms with Crippen LogP contribution in [0.3, 0.4) is 0 Å². The second-order valence-electron chi connectivity index (χ2n) is 5.76. The van der Waals surface area contributed by atoms with Crippen LogP contribution in [-0.2, 0) is 4.79 Å². The van der Waals surface area contributed by atoms with Gasteiger partial charge in [0.25, 0.3) is 0 Å². The highest BCUT2D eigenvalue weighted by atomic mass is 32.2. The molecule has 0 unspecified atom stereocenters. The van der Waals surface area contributed by atoms with Gasteiger partial charge in [-0.15, -0.1) is 5.10 Å². The zero-order chi connectivity index (χ0) is 18.5. The number of nitrogens with one attached hydrogen (secondary N) is 1. The van der Waals surface area contributed by atoms with E-state index in [0.717, 1.165) is 22.5 Å². The summed E-state index contributed by atoms with van der Waals surface area (Å²) in [6.07, 6.45) is 0. The smallest absolute Gasteiger partial charge is 0.234 e. The molecule has 7 nitrogen and oxygen atoms in total. The number of aromatic nitrogens is 4. The number of tetrazole rings is 1. The monoisotopic (exact) mass is 369 g/mol. The van der Waals surface area contributed by atoms with E-state index in [9.17, 15) is 4.79 Å². The van der Waals surface area contributed by atoms with E-state index in [1.165, 1.54) is 11.8 Å². The molecule has 0 bridgehead atoms. The summed E-state index contributed by atoms with van der Waals surface area (Å²) in [6, 6.07) is 13.4. The number of rotatable bonds is 6. The Morgan fingerprint density at radius 3 is 2.65 bits per heavy atom. The number of hydrogen-bond acceptors (Lipinski definition) is 6. The molecular weight excluding hydrogens is 350 g/mol. The maximum atomic E-state index is 12.3. The number of amides is 1. The van der Waals surface area contributed by atoms with Crippen LogP contribution in [0, 0.1) is 13.8 Å². The van der Waals surface area contributed by atoms with Crippen molar-refractivity contribution in [2.45, 2.75) is 19.0 Å². The van der Waals surface area contributed by atoms with Crippen molar-refractivity contribution in [1.82, 2.24) is 20.2 Å². The Morgan fingerprint density at radius 1 is 1.19 bits per heavy atom. The van der Waals surface area contributed by atoms with Gasteiger partial charge in [-0.2, -0.15) is 4.68 Å². The van der Waals surface area contributed by atoms with E-state index in [2.05, 4.69) is 26.9 Å². The van der Waals surface area contributed by atoms with Crippen LogP contribution in [0.1, 0.15) is 11.1 Å². The highest BCUT2D eigenvalue weighted by Gasteiger charge is 2.14. The molecule has 0 fully saturated rings. The molecule has 0 atom stereocenters. The molecule has 0 spiro atoms. The molecule has 8 heteroatoms. The maximum absolute atomic E-state index is 12.3. The lowest BCUT2D eigenvalue weighted by Crippen LogP contribution is -2.15. The highest BCUT2D eigenvalue weighted by molar-refractivity contribution is 7.99. The number of anilines is 1. The Morgan fingerprint density at radius 2 is 1.92 bits per heavy atom. The summed E-state index contributed by atoms with van der Waals surface area (Å²) in [5.74, 6) is 0.735. The average molecular weight is 369 g/mol. The van der Waals surface area contributed by atoms with Crippen LogP contribution in [-0.4, -0.2) is 39.0 Å². The van der Waals surface area contributed by atoms with Crippen molar-refractivity contribution < 1.29 is 9.53 Å². The number of nitrogens with zero attached hydrogens (tertiary/aromatic N) is 4. The first-order valence-corrected chi connectivity index (χ1v) is 8.98. The topological polar surface area (TPSA) is 81.9 Å². The van der Waals surface area contributed by atoms with Crippen molar-refractivity contribution in [2.24, 2.45) is 0 Å². The molecule has 0 saturated heterocycles. The van der Waals surface area contributed by atoms with E-state index >= 15 is 0 Å². The van der Waals surface area contributed by atoms with Gasteiger partial charge in [0.05, 0.1) is 12.9 Å². The molecule has 1 aromatic heterocycles. The number of hydrogen-bond donors (Lipinski definition) is 1. The molecule has 2 aromatic carbocycles. The van der Waals surface area contributed by atoms with Gasteiger partial charge in [0.2, 0.25) is 11.1 Å². The first-order valence-electron chi connectivity index (χ1n) is 7.99. The van der Waals surface area contributed by atoms with Gasteiger partial charge >= 0.3 is 0 Å². The molecule has 1 amide bonds. The highest BCUT2D eigenvalue weighted by Crippen LogP contribution is 2.25. The van der Waals surface area contributed by atoms with Crippen LogP contribution >= 0.6 is 11.8 Å². The predicted molar refractivity (Wildman–Crippen MR) is 101 cm³/mol. The molecule has 1 N–H and O–H groups in total. The van der Waals surface area contributed by atoms with Gasteiger partial charge in [-0.25, -0.2) is 0 Å². The number of benzene rings is 2. The van der Waals surface area contributed by atoms with Crippen LogP contribution in [0.5, 0.6) is 5.75 Å². The second kappa shape index (κ2) is 8.01. The Labute approximate surface area is 155 Å². The molecular formula is C18H19N5O2S. The molecule has 0 saturated carbocycles. The number of thioether (sulfide) groups is 1. The Balaban J connectivity index is 1.69. The van der Waals surface area contributed by atoms with Crippen molar-refractivity contribution in [1.29, 1.82) is 0 Å². The lowest BCUT2D eigenvalue weighted by Gasteiger charge is -2.09. The molecule has 3 aromatic rings. The Kier molecular flexibility index (Phi) is 5.52. The molecule has 0 aliphatic rings. The van der Waals surface area contributed by atoms with Crippen molar-refractivity contribution in [3.05, 3.63) is 53.6 Å². The van der Waals surface area contributed by atoms with Crippen LogP contribution in [0.2, 0.25) is 0 Å². The fourth-order valence-corrected chi connectivity index (χ4v) is 3.28. The van der Waals surface area contributed by atoms with E-state index in [1.807, 2.05) is 50.2 Å². The summed E-state index contributed by atoms with van der Waals surface area (Å²) in [7, 11) is 1.59. The minimum Gasteiger partial charge on any atom is -0.494 e. The number of carbonyl (C=O) groups is 1. The van der Waals surface area contributed by atoms with Crippen molar-refractivity contribution in [3.8, 4) is 11.4 Å². The number of carbonyl (C=O) groups excluding carboxylic acids is 1. The predicted octanol–water partition coefficient (Wildman–Crippen LogP) is 3.02. The van der Waals surface area contributed by atoms with E-state index < -0.39 is 0 Å². The van der Waals surface area contributed by atoms with E-state index in [1.54, 1.807) is 11.8 Å². The van der Waals surface area contributed by atoms with Crippen molar-refractivity contribution in [3.63, 3.8) is 0 Å². The lowest BCUT2D eigenvalue weighted by atomic mass is 10.1. The molecule has 0 radical (unpaired) electrons. The fourth-order valence-electron chi connectivity index (χ4n) is 2.60. The minimum atomic E-state index is -0.116. The van der Waals surface area contributed by atoms with Gasteiger partial charge in [-0.05, 0) is 59.7 Å². The Hall–Kier alpha value is -2.87. The quantitative estimate of drug-likeness (QED) is 0.673. The molecule has 3 rings (SSSR count). The third-order valence-electron chi connectivity index (χ3n) is 3.59. The van der Waals surface area contributed by atoms with Gasteiger partial charge in [0.15, 0.2) is 0 Å². The average Bonchev–Trinajstić information content (AvgIpc) is 3.07. The van der Waals surface area contributed by atoms with Gasteiger partial charge < -0.3 is 10.1 Å². The summed E-state index contributed by atoms with van der Waals surface area (Å²) in [5, 5.41) is 15.1. The van der Waals surface area contributed by atoms with Crippen LogP contribution < -0.4 is 10.1 Å². The number of ether oxygens (including phenoxy) is 1. The molecule has 0 aliphatic carbocycles. The zero-order valence-electron chi connectivity index (χ0n) is 14.8. The van der Waals surface area contributed by atoms with E-state index in [-0.39, 0.29) is 11.7 Å². The van der Waals surface area contributed by atoms with Gasteiger partial charge in [-0.1, -0.05) is 30.0 Å². The van der Waals surface area contributed by atoms with Gasteiger partial charge in [-0.3, -0.25) is 4.79 Å². The van der Waals surface area contributed by atoms with Gasteiger partial charge in [0.1, 0.15) is 11.4 Å². The Bertz CT molecular complexity index is 905. The minimum absolute atomic E-state index is 0.116. The normalized spacial score (nSPS) is 10.6. The third kappa shape index (κ3) is 4.20. The van der Waals surface area contributed by atoms with Crippen LogP contribution in [0.25, 0.3) is 5.69 Å². The second-order valence-corrected chi connectivity index (χ2v) is 6.70. The van der Waals surface area contributed by atoms with E-state index in [0.29, 0.717) is 10.9 Å². The number of aryl methyl sites for hydroxylation is 2. The first-order chi connectivity index (χ1) is 12.6. The molecule has 1 heterocycles. The molecule has 0 aliphatic heterocycles. The fraction of sp³-hybridized carbons (Fsp3) is 0.222. The third-order valence-corrected chi connectivity index (χ3v) is 4.51. The maximum Gasteiger partial charge on any atom is 0.234 e.